The van der Waals surface area contributed by atoms with Crippen LogP contribution in [0.15, 0.2) is 194 Å². The van der Waals surface area contributed by atoms with Gasteiger partial charge in [0, 0.05) is 22.4 Å². The molecule has 1 unspecified atom stereocenters. The normalized spacial score (nSPS) is 12.1. The minimum Gasteiger partial charge on any atom is -0.309 e. The second-order valence-electron chi connectivity index (χ2n) is 12.5. The molecule has 1 heteroatoms. The van der Waals surface area contributed by atoms with Crippen molar-refractivity contribution in [1.82, 2.24) is 4.57 Å². The van der Waals surface area contributed by atoms with Crippen molar-refractivity contribution in [2.75, 3.05) is 0 Å². The first kappa shape index (κ1) is 28.1. The molecule has 0 aliphatic carbocycles. The van der Waals surface area contributed by atoms with E-state index in [1.807, 2.05) is 0 Å². The number of fused-ring (bicyclic) bond motifs is 4. The van der Waals surface area contributed by atoms with E-state index < -0.39 is 0 Å². The second-order valence-corrected chi connectivity index (χ2v) is 12.5. The van der Waals surface area contributed by atoms with Gasteiger partial charge in [0.1, 0.15) is 0 Å². The number of benzene rings is 8. The molecule has 1 atom stereocenters. The standard InChI is InChI=1S/C47H33N/c1-3-12-33(13-4-1)34-22-26-37(27-23-34)47(43-20-11-15-36-14-7-8-18-41(36)43)38-28-24-35(25-29-38)39-30-31-46-44(32-39)42-19-9-10-21-45(42)48(46)40-16-5-2-6-17-40/h1-32,47H. The van der Waals surface area contributed by atoms with Gasteiger partial charge in [-0.25, -0.2) is 0 Å². The maximum Gasteiger partial charge on any atom is 0.0541 e. The molecule has 0 saturated heterocycles. The predicted molar refractivity (Wildman–Crippen MR) is 203 cm³/mol. The van der Waals surface area contributed by atoms with Crippen molar-refractivity contribution in [1.29, 1.82) is 0 Å². The molecule has 48 heavy (non-hydrogen) atoms. The third-order valence-corrected chi connectivity index (χ3v) is 9.75. The van der Waals surface area contributed by atoms with Crippen molar-refractivity contribution in [2.45, 2.75) is 5.92 Å². The fraction of sp³-hybridized carbons (Fsp3) is 0.0213. The van der Waals surface area contributed by atoms with Gasteiger partial charge in [-0.05, 0) is 80.0 Å². The lowest BCUT2D eigenvalue weighted by Crippen LogP contribution is -2.04. The average Bonchev–Trinajstić information content (AvgIpc) is 3.50. The Labute approximate surface area is 281 Å². The minimum absolute atomic E-state index is 0.0984. The summed E-state index contributed by atoms with van der Waals surface area (Å²) in [6, 6.07) is 70.7. The molecule has 0 radical (unpaired) electrons. The van der Waals surface area contributed by atoms with Crippen molar-refractivity contribution in [2.24, 2.45) is 0 Å². The lowest BCUT2D eigenvalue weighted by Gasteiger charge is -2.22. The van der Waals surface area contributed by atoms with Crippen LogP contribution >= 0.6 is 0 Å². The Kier molecular flexibility index (Phi) is 6.95. The summed E-state index contributed by atoms with van der Waals surface area (Å²) in [5.74, 6) is 0.0984. The van der Waals surface area contributed by atoms with Gasteiger partial charge >= 0.3 is 0 Å². The lowest BCUT2D eigenvalue weighted by atomic mass is 9.82. The fourth-order valence-corrected chi connectivity index (χ4v) is 7.43. The molecule has 0 N–H and O–H groups in total. The zero-order valence-electron chi connectivity index (χ0n) is 26.5. The van der Waals surface area contributed by atoms with Gasteiger partial charge in [-0.15, -0.1) is 0 Å². The van der Waals surface area contributed by atoms with Gasteiger partial charge in [0.05, 0.1) is 11.0 Å². The van der Waals surface area contributed by atoms with Gasteiger partial charge in [-0.1, -0.05) is 164 Å². The van der Waals surface area contributed by atoms with Crippen LogP contribution in [0.2, 0.25) is 0 Å². The summed E-state index contributed by atoms with van der Waals surface area (Å²) in [7, 11) is 0. The van der Waals surface area contributed by atoms with Gasteiger partial charge in [0.2, 0.25) is 0 Å². The molecule has 0 aliphatic heterocycles. The van der Waals surface area contributed by atoms with Crippen LogP contribution in [-0.2, 0) is 0 Å². The summed E-state index contributed by atoms with van der Waals surface area (Å²) >= 11 is 0. The Morgan fingerprint density at radius 3 is 1.58 bits per heavy atom. The highest BCUT2D eigenvalue weighted by molar-refractivity contribution is 6.10. The number of rotatable bonds is 6. The van der Waals surface area contributed by atoms with Crippen LogP contribution in [0.3, 0.4) is 0 Å². The van der Waals surface area contributed by atoms with Crippen molar-refractivity contribution >= 4 is 32.6 Å². The zero-order valence-corrected chi connectivity index (χ0v) is 26.5. The predicted octanol–water partition coefficient (Wildman–Crippen LogP) is 12.5. The molecule has 9 aromatic rings. The van der Waals surface area contributed by atoms with Gasteiger partial charge < -0.3 is 4.57 Å². The molecule has 8 aromatic carbocycles. The monoisotopic (exact) mass is 611 g/mol. The SMILES string of the molecule is c1ccc(-c2ccc(C(c3ccc(-c4ccc5c(c4)c4ccccc4n5-c4ccccc4)cc3)c3cccc4ccccc34)cc2)cc1. The van der Waals surface area contributed by atoms with E-state index in [4.69, 9.17) is 0 Å². The minimum atomic E-state index is 0.0984. The Morgan fingerprint density at radius 1 is 0.333 bits per heavy atom. The first-order valence-electron chi connectivity index (χ1n) is 16.6. The number of aromatic nitrogens is 1. The molecule has 1 aromatic heterocycles. The molecule has 0 bridgehead atoms. The highest BCUT2D eigenvalue weighted by atomic mass is 15.0. The highest BCUT2D eigenvalue weighted by Gasteiger charge is 2.20. The van der Waals surface area contributed by atoms with E-state index in [-0.39, 0.29) is 5.92 Å². The van der Waals surface area contributed by atoms with E-state index >= 15 is 0 Å². The molecule has 0 saturated carbocycles. The Bertz CT molecular complexity index is 2520. The molecule has 0 fully saturated rings. The maximum absolute atomic E-state index is 2.37. The van der Waals surface area contributed by atoms with Crippen LogP contribution in [0.25, 0.3) is 60.5 Å². The molecule has 0 aliphatic rings. The van der Waals surface area contributed by atoms with Crippen LogP contribution in [0, 0.1) is 0 Å². The van der Waals surface area contributed by atoms with E-state index in [0.29, 0.717) is 0 Å². The summed E-state index contributed by atoms with van der Waals surface area (Å²) in [6.45, 7) is 0. The third-order valence-electron chi connectivity index (χ3n) is 9.75. The van der Waals surface area contributed by atoms with Crippen molar-refractivity contribution in [3.05, 3.63) is 211 Å². The Hall–Kier alpha value is -6.18. The number of nitrogens with zero attached hydrogens (tertiary/aromatic N) is 1. The second kappa shape index (κ2) is 11.9. The highest BCUT2D eigenvalue weighted by Crippen LogP contribution is 2.39. The van der Waals surface area contributed by atoms with E-state index in [2.05, 4.69) is 199 Å². The van der Waals surface area contributed by atoms with Gasteiger partial charge in [0.25, 0.3) is 0 Å². The molecule has 1 heterocycles. The molecular weight excluding hydrogens is 579 g/mol. The first-order chi connectivity index (χ1) is 23.8. The van der Waals surface area contributed by atoms with E-state index in [9.17, 15) is 0 Å². The Morgan fingerprint density at radius 2 is 0.854 bits per heavy atom. The summed E-state index contributed by atoms with van der Waals surface area (Å²) in [4.78, 5) is 0. The van der Waals surface area contributed by atoms with Crippen LogP contribution < -0.4 is 0 Å². The molecule has 0 amide bonds. The first-order valence-corrected chi connectivity index (χ1v) is 16.6. The summed E-state index contributed by atoms with van der Waals surface area (Å²) in [5, 5.41) is 5.09. The van der Waals surface area contributed by atoms with Crippen molar-refractivity contribution in [3.63, 3.8) is 0 Å². The van der Waals surface area contributed by atoms with Crippen LogP contribution in [0.5, 0.6) is 0 Å². The van der Waals surface area contributed by atoms with Crippen LogP contribution in [-0.4, -0.2) is 4.57 Å². The third kappa shape index (κ3) is 4.89. The van der Waals surface area contributed by atoms with Gasteiger partial charge in [0.15, 0.2) is 0 Å². The van der Waals surface area contributed by atoms with Gasteiger partial charge in [-0.3, -0.25) is 0 Å². The quantitative estimate of drug-likeness (QED) is 0.165. The van der Waals surface area contributed by atoms with Crippen LogP contribution in [0.4, 0.5) is 0 Å². The topological polar surface area (TPSA) is 4.93 Å². The smallest absolute Gasteiger partial charge is 0.0541 e. The summed E-state index contributed by atoms with van der Waals surface area (Å²) < 4.78 is 2.37. The molecule has 9 rings (SSSR count). The van der Waals surface area contributed by atoms with E-state index in [0.717, 1.165) is 0 Å². The van der Waals surface area contributed by atoms with E-state index in [1.54, 1.807) is 0 Å². The zero-order chi connectivity index (χ0) is 31.9. The average molecular weight is 612 g/mol. The number of hydrogen-bond acceptors (Lipinski definition) is 0. The molecule has 0 spiro atoms. The molecule has 226 valence electrons. The molecule has 1 nitrogen and oxygen atoms in total. The van der Waals surface area contributed by atoms with Crippen molar-refractivity contribution in [3.8, 4) is 27.9 Å². The van der Waals surface area contributed by atoms with E-state index in [1.165, 1.54) is 77.2 Å². The summed E-state index contributed by atoms with van der Waals surface area (Å²) in [6.07, 6.45) is 0. The number of para-hydroxylation sites is 2. The fourth-order valence-electron chi connectivity index (χ4n) is 7.43. The van der Waals surface area contributed by atoms with Gasteiger partial charge in [-0.2, -0.15) is 0 Å². The largest absolute Gasteiger partial charge is 0.309 e. The molecular formula is C47H33N. The summed E-state index contributed by atoms with van der Waals surface area (Å²) in [5.41, 5.74) is 12.4. The van der Waals surface area contributed by atoms with Crippen LogP contribution in [0.1, 0.15) is 22.6 Å². The lowest BCUT2D eigenvalue weighted by molar-refractivity contribution is 0.990. The number of hydrogen-bond donors (Lipinski definition) is 0. The van der Waals surface area contributed by atoms with Crippen molar-refractivity contribution < 1.29 is 0 Å². The Balaban J connectivity index is 1.14. The maximum atomic E-state index is 2.37.